The Hall–Kier alpha value is -2.04. The Morgan fingerprint density at radius 3 is 2.13 bits per heavy atom. The number of hydrogen-bond acceptors (Lipinski definition) is 4. The maximum absolute atomic E-state index is 12.0. The van der Waals surface area contributed by atoms with Crippen LogP contribution in [0.3, 0.4) is 0 Å². The first-order valence-corrected chi connectivity index (χ1v) is 7.87. The molecule has 128 valence electrons. The third-order valence-electron chi connectivity index (χ3n) is 3.11. The van der Waals surface area contributed by atoms with Gasteiger partial charge in [-0.1, -0.05) is 38.1 Å². The first-order valence-electron chi connectivity index (χ1n) is 7.87. The zero-order valence-electron chi connectivity index (χ0n) is 14.8. The van der Waals surface area contributed by atoms with Gasteiger partial charge in [0.25, 0.3) is 0 Å². The molecule has 0 fully saturated rings. The van der Waals surface area contributed by atoms with Crippen molar-refractivity contribution in [3.8, 4) is 0 Å². The number of amides is 1. The van der Waals surface area contributed by atoms with Crippen LogP contribution in [-0.2, 0) is 20.8 Å². The molecule has 0 radical (unpaired) electrons. The molecule has 0 saturated carbocycles. The maximum atomic E-state index is 12.0. The van der Waals surface area contributed by atoms with Crippen molar-refractivity contribution in [3.05, 3.63) is 35.4 Å². The van der Waals surface area contributed by atoms with Crippen LogP contribution in [0.25, 0.3) is 0 Å². The molecule has 5 nitrogen and oxygen atoms in total. The average molecular weight is 321 g/mol. The van der Waals surface area contributed by atoms with Crippen LogP contribution in [-0.4, -0.2) is 17.7 Å². The van der Waals surface area contributed by atoms with Gasteiger partial charge >= 0.3 is 12.1 Å². The molecule has 1 atom stereocenters. The van der Waals surface area contributed by atoms with Crippen LogP contribution < -0.4 is 5.48 Å². The minimum absolute atomic E-state index is 0.474. The number of rotatable bonds is 4. The van der Waals surface area contributed by atoms with Gasteiger partial charge in [-0.3, -0.25) is 0 Å². The summed E-state index contributed by atoms with van der Waals surface area (Å²) in [4.78, 5) is 28.2. The van der Waals surface area contributed by atoms with Gasteiger partial charge in [0.1, 0.15) is 5.60 Å². The predicted molar refractivity (Wildman–Crippen MR) is 88.9 cm³/mol. The summed E-state index contributed by atoms with van der Waals surface area (Å²) >= 11 is 0. The van der Waals surface area contributed by atoms with E-state index >= 15 is 0 Å². The molecule has 1 unspecified atom stereocenters. The van der Waals surface area contributed by atoms with Crippen molar-refractivity contribution in [2.75, 3.05) is 0 Å². The molecule has 5 heteroatoms. The lowest BCUT2D eigenvalue weighted by molar-refractivity contribution is -0.152. The van der Waals surface area contributed by atoms with E-state index in [0.717, 1.165) is 12.0 Å². The fraction of sp³-hybridized carbons (Fsp3) is 0.556. The number of benzene rings is 1. The van der Waals surface area contributed by atoms with Crippen molar-refractivity contribution in [3.63, 3.8) is 0 Å². The zero-order valence-corrected chi connectivity index (χ0v) is 14.8. The lowest BCUT2D eigenvalue weighted by Gasteiger charge is -2.19. The van der Waals surface area contributed by atoms with E-state index in [-0.39, 0.29) is 0 Å². The van der Waals surface area contributed by atoms with Crippen LogP contribution in [0.5, 0.6) is 0 Å². The van der Waals surface area contributed by atoms with Gasteiger partial charge in [-0.25, -0.2) is 9.59 Å². The van der Waals surface area contributed by atoms with Crippen molar-refractivity contribution in [1.29, 1.82) is 0 Å². The normalized spacial score (nSPS) is 12.7. The van der Waals surface area contributed by atoms with E-state index in [9.17, 15) is 9.59 Å². The molecule has 0 aliphatic heterocycles. The molecule has 0 aromatic heterocycles. The molecule has 0 bridgehead atoms. The Labute approximate surface area is 138 Å². The highest BCUT2D eigenvalue weighted by molar-refractivity contribution is 5.79. The Kier molecular flexibility index (Phi) is 6.61. The van der Waals surface area contributed by atoms with E-state index < -0.39 is 23.6 Å². The molecule has 23 heavy (non-hydrogen) atoms. The summed E-state index contributed by atoms with van der Waals surface area (Å²) in [5, 5.41) is 0. The van der Waals surface area contributed by atoms with Crippen molar-refractivity contribution < 1.29 is 19.2 Å². The average Bonchev–Trinajstić information content (AvgIpc) is 2.42. The predicted octanol–water partition coefficient (Wildman–Crippen LogP) is 3.97. The lowest BCUT2D eigenvalue weighted by Crippen LogP contribution is -2.34. The molecule has 0 heterocycles. The second-order valence-corrected chi connectivity index (χ2v) is 7.09. The quantitative estimate of drug-likeness (QED) is 0.852. The van der Waals surface area contributed by atoms with Gasteiger partial charge in [0, 0.05) is 0 Å². The number of carbonyl (C=O) groups excluding carboxylic acids is 2. The largest absolute Gasteiger partial charge is 0.442 e. The standard InChI is InChI=1S/C18H27NO4/c1-12(2)11-14-7-9-15(10-8-14)13(3)16(20)23-19-17(21)22-18(4,5)6/h7-10,12-13H,11H2,1-6H3,(H,19,21). The molecule has 0 saturated heterocycles. The Morgan fingerprint density at radius 2 is 1.65 bits per heavy atom. The van der Waals surface area contributed by atoms with Crippen LogP contribution >= 0.6 is 0 Å². The van der Waals surface area contributed by atoms with Gasteiger partial charge < -0.3 is 9.57 Å². The Morgan fingerprint density at radius 1 is 1.09 bits per heavy atom. The van der Waals surface area contributed by atoms with Gasteiger partial charge in [0.2, 0.25) is 0 Å². The van der Waals surface area contributed by atoms with Crippen LogP contribution in [0.2, 0.25) is 0 Å². The van der Waals surface area contributed by atoms with Crippen molar-refractivity contribution in [1.82, 2.24) is 5.48 Å². The molecule has 1 rings (SSSR count). The molecular formula is C18H27NO4. The van der Waals surface area contributed by atoms with E-state index in [1.807, 2.05) is 29.7 Å². The second kappa shape index (κ2) is 7.99. The van der Waals surface area contributed by atoms with E-state index in [0.29, 0.717) is 5.92 Å². The fourth-order valence-corrected chi connectivity index (χ4v) is 2.03. The van der Waals surface area contributed by atoms with E-state index in [4.69, 9.17) is 9.57 Å². The number of nitrogens with one attached hydrogen (secondary N) is 1. The first-order chi connectivity index (χ1) is 10.6. The summed E-state index contributed by atoms with van der Waals surface area (Å²) in [5.74, 6) is -0.424. The van der Waals surface area contributed by atoms with Gasteiger partial charge in [0.15, 0.2) is 0 Å². The van der Waals surface area contributed by atoms with Gasteiger partial charge in [0.05, 0.1) is 5.92 Å². The number of hydrogen-bond donors (Lipinski definition) is 1. The number of carbonyl (C=O) groups is 2. The van der Waals surface area contributed by atoms with E-state index in [1.165, 1.54) is 5.56 Å². The molecule has 0 aliphatic rings. The lowest BCUT2D eigenvalue weighted by atomic mass is 9.97. The molecule has 1 aromatic rings. The molecule has 1 aromatic carbocycles. The molecular weight excluding hydrogens is 294 g/mol. The van der Waals surface area contributed by atoms with E-state index in [2.05, 4.69) is 13.8 Å². The summed E-state index contributed by atoms with van der Waals surface area (Å²) < 4.78 is 5.00. The van der Waals surface area contributed by atoms with Crippen molar-refractivity contribution in [2.24, 2.45) is 5.92 Å². The second-order valence-electron chi connectivity index (χ2n) is 7.09. The minimum Gasteiger partial charge on any atom is -0.442 e. The third kappa shape index (κ3) is 7.17. The van der Waals surface area contributed by atoms with Gasteiger partial charge in [-0.2, -0.15) is 0 Å². The zero-order chi connectivity index (χ0) is 17.6. The highest BCUT2D eigenvalue weighted by Crippen LogP contribution is 2.18. The van der Waals surface area contributed by atoms with Crippen molar-refractivity contribution in [2.45, 2.75) is 59.5 Å². The maximum Gasteiger partial charge on any atom is 0.441 e. The van der Waals surface area contributed by atoms with Crippen LogP contribution in [0.15, 0.2) is 24.3 Å². The fourth-order valence-electron chi connectivity index (χ4n) is 2.03. The van der Waals surface area contributed by atoms with Crippen molar-refractivity contribution >= 4 is 12.1 Å². The monoisotopic (exact) mass is 321 g/mol. The third-order valence-corrected chi connectivity index (χ3v) is 3.11. The number of ether oxygens (including phenoxy) is 1. The molecule has 1 amide bonds. The highest BCUT2D eigenvalue weighted by Gasteiger charge is 2.21. The number of hydroxylamine groups is 1. The van der Waals surface area contributed by atoms with Gasteiger partial charge in [-0.05, 0) is 51.2 Å². The Bertz CT molecular complexity index is 529. The van der Waals surface area contributed by atoms with Gasteiger partial charge in [-0.15, -0.1) is 5.48 Å². The summed E-state index contributed by atoms with van der Waals surface area (Å²) in [7, 11) is 0. The van der Waals surface area contributed by atoms with Crippen LogP contribution in [0.4, 0.5) is 4.79 Å². The summed E-state index contributed by atoms with van der Waals surface area (Å²) in [5.41, 5.74) is 3.45. The highest BCUT2D eigenvalue weighted by atomic mass is 16.7. The molecule has 0 aliphatic carbocycles. The SMILES string of the molecule is CC(C)Cc1ccc(C(C)C(=O)ONC(=O)OC(C)(C)C)cc1. The van der Waals surface area contributed by atoms with Crippen LogP contribution in [0.1, 0.15) is 58.6 Å². The smallest absolute Gasteiger partial charge is 0.441 e. The summed E-state index contributed by atoms with van der Waals surface area (Å²) in [6, 6.07) is 7.86. The first kappa shape index (κ1) is 19.0. The van der Waals surface area contributed by atoms with Crippen LogP contribution in [0, 0.1) is 5.92 Å². The summed E-state index contributed by atoms with van der Waals surface area (Å²) in [6.07, 6.45) is 0.213. The summed E-state index contributed by atoms with van der Waals surface area (Å²) in [6.45, 7) is 11.3. The topological polar surface area (TPSA) is 64.6 Å². The Balaban J connectivity index is 2.54. The molecule has 0 spiro atoms. The minimum atomic E-state index is -0.787. The molecule has 1 N–H and O–H groups in total. The van der Waals surface area contributed by atoms with E-state index in [1.54, 1.807) is 27.7 Å².